The van der Waals surface area contributed by atoms with Crippen LogP contribution in [0.2, 0.25) is 0 Å². The van der Waals surface area contributed by atoms with Crippen LogP contribution in [-0.4, -0.2) is 22.8 Å². The lowest BCUT2D eigenvalue weighted by atomic mass is 9.99. The van der Waals surface area contributed by atoms with Gasteiger partial charge in [-0.2, -0.15) is 13.2 Å². The summed E-state index contributed by atoms with van der Waals surface area (Å²) in [6.07, 6.45) is 1.84. The van der Waals surface area contributed by atoms with E-state index in [2.05, 4.69) is 11.8 Å². The van der Waals surface area contributed by atoms with Gasteiger partial charge in [-0.25, -0.2) is 9.18 Å². The predicted octanol–water partition coefficient (Wildman–Crippen LogP) is 7.82. The van der Waals surface area contributed by atoms with E-state index in [1.807, 2.05) is 13.8 Å². The van der Waals surface area contributed by atoms with Gasteiger partial charge in [-0.3, -0.25) is 0 Å². The average molecular weight is 519 g/mol. The van der Waals surface area contributed by atoms with Crippen molar-refractivity contribution in [2.24, 2.45) is 0 Å². The Bertz CT molecular complexity index is 1210. The van der Waals surface area contributed by atoms with E-state index in [0.29, 0.717) is 35.8 Å². The maximum absolute atomic E-state index is 13.5. The topological polar surface area (TPSA) is 66.8 Å². The molecule has 37 heavy (non-hydrogen) atoms. The van der Waals surface area contributed by atoms with E-state index in [-0.39, 0.29) is 17.7 Å². The third-order valence-corrected chi connectivity index (χ3v) is 4.74. The van der Waals surface area contributed by atoms with Crippen LogP contribution in [0, 0.1) is 11.8 Å². The van der Waals surface area contributed by atoms with Crippen LogP contribution in [0.5, 0.6) is 5.75 Å². The SMILES string of the molecule is CC.C\C=C/C(=C\C(F)=C/C)OCCCc1cc(C(=O)O)ccc1C#Cc1ccc(O)cc1C(F)(F)F. The highest BCUT2D eigenvalue weighted by Gasteiger charge is 2.33. The summed E-state index contributed by atoms with van der Waals surface area (Å²) in [5.41, 5.74) is -0.501. The fourth-order valence-corrected chi connectivity index (χ4v) is 3.04. The number of aromatic hydroxyl groups is 1. The van der Waals surface area contributed by atoms with Crippen LogP contribution in [-0.2, 0) is 17.3 Å². The molecule has 2 rings (SSSR count). The number of phenolic OH excluding ortho intramolecular Hbond substituents is 1. The van der Waals surface area contributed by atoms with E-state index < -0.39 is 29.3 Å². The first-order chi connectivity index (χ1) is 17.5. The zero-order valence-corrected chi connectivity index (χ0v) is 21.1. The van der Waals surface area contributed by atoms with Crippen molar-refractivity contribution in [1.29, 1.82) is 0 Å². The van der Waals surface area contributed by atoms with Gasteiger partial charge in [0.25, 0.3) is 0 Å². The van der Waals surface area contributed by atoms with Crippen molar-refractivity contribution < 1.29 is 37.3 Å². The average Bonchev–Trinajstić information content (AvgIpc) is 2.86. The Labute approximate surface area is 214 Å². The summed E-state index contributed by atoms with van der Waals surface area (Å²) >= 11 is 0. The maximum Gasteiger partial charge on any atom is 0.417 e. The molecule has 0 saturated carbocycles. The first kappa shape index (κ1) is 31.0. The number of phenols is 1. The molecule has 0 atom stereocenters. The molecule has 0 radical (unpaired) electrons. The first-order valence-electron chi connectivity index (χ1n) is 11.6. The van der Waals surface area contributed by atoms with Crippen LogP contribution in [0.25, 0.3) is 0 Å². The second-order valence-corrected chi connectivity index (χ2v) is 7.33. The number of carboxylic acid groups (broad SMARTS) is 1. The number of allylic oxidation sites excluding steroid dienone is 5. The van der Waals surface area contributed by atoms with E-state index >= 15 is 0 Å². The minimum Gasteiger partial charge on any atom is -0.508 e. The molecule has 0 saturated heterocycles. The number of hydrogen-bond acceptors (Lipinski definition) is 3. The second-order valence-electron chi connectivity index (χ2n) is 7.33. The molecule has 8 heteroatoms. The van der Waals surface area contributed by atoms with Crippen LogP contribution in [0.15, 0.2) is 72.3 Å². The Morgan fingerprint density at radius 2 is 1.70 bits per heavy atom. The van der Waals surface area contributed by atoms with Gasteiger partial charge in [0.15, 0.2) is 0 Å². The molecule has 0 unspecified atom stereocenters. The molecule has 0 amide bonds. The predicted molar refractivity (Wildman–Crippen MR) is 136 cm³/mol. The Morgan fingerprint density at radius 1 is 1.05 bits per heavy atom. The Balaban J connectivity index is 0.00000334. The molecular weight excluding hydrogens is 488 g/mol. The minimum atomic E-state index is -4.71. The molecule has 2 N–H and O–H groups in total. The van der Waals surface area contributed by atoms with Gasteiger partial charge >= 0.3 is 12.1 Å². The summed E-state index contributed by atoms with van der Waals surface area (Å²) in [5, 5.41) is 18.7. The molecule has 0 bridgehead atoms. The van der Waals surface area contributed by atoms with Gasteiger partial charge in [-0.1, -0.05) is 37.8 Å². The van der Waals surface area contributed by atoms with E-state index in [1.165, 1.54) is 30.4 Å². The zero-order chi connectivity index (χ0) is 28.0. The summed E-state index contributed by atoms with van der Waals surface area (Å²) in [6.45, 7) is 7.49. The van der Waals surface area contributed by atoms with E-state index in [1.54, 1.807) is 26.0 Å². The normalized spacial score (nSPS) is 11.9. The van der Waals surface area contributed by atoms with Crippen molar-refractivity contribution in [3.8, 4) is 17.6 Å². The van der Waals surface area contributed by atoms with Gasteiger partial charge in [-0.15, -0.1) is 0 Å². The molecule has 0 fully saturated rings. The molecule has 2 aromatic rings. The highest BCUT2D eigenvalue weighted by atomic mass is 19.4. The monoisotopic (exact) mass is 518 g/mol. The van der Waals surface area contributed by atoms with Gasteiger partial charge < -0.3 is 14.9 Å². The fraction of sp³-hybridized carbons (Fsp3) is 0.276. The fourth-order valence-electron chi connectivity index (χ4n) is 3.04. The number of rotatable bonds is 8. The lowest BCUT2D eigenvalue weighted by molar-refractivity contribution is -0.137. The molecule has 0 aliphatic carbocycles. The maximum atomic E-state index is 13.5. The summed E-state index contributed by atoms with van der Waals surface area (Å²) in [6, 6.07) is 6.95. The van der Waals surface area contributed by atoms with Crippen LogP contribution < -0.4 is 0 Å². The molecule has 0 aliphatic rings. The van der Waals surface area contributed by atoms with Gasteiger partial charge in [0.05, 0.1) is 17.7 Å². The largest absolute Gasteiger partial charge is 0.508 e. The molecule has 198 valence electrons. The van der Waals surface area contributed by atoms with Crippen LogP contribution in [0.1, 0.15) is 66.7 Å². The lowest BCUT2D eigenvalue weighted by Crippen LogP contribution is -2.07. The summed E-state index contributed by atoms with van der Waals surface area (Å²) in [7, 11) is 0. The second kappa shape index (κ2) is 15.2. The van der Waals surface area contributed by atoms with Gasteiger partial charge in [0, 0.05) is 17.2 Å². The van der Waals surface area contributed by atoms with Crippen molar-refractivity contribution in [2.45, 2.75) is 46.7 Å². The number of benzene rings is 2. The Hall–Kier alpha value is -3.99. The third-order valence-electron chi connectivity index (χ3n) is 4.74. The number of hydrogen-bond donors (Lipinski definition) is 2. The number of aromatic carboxylic acids is 1. The smallest absolute Gasteiger partial charge is 0.417 e. The minimum absolute atomic E-state index is 0.0109. The molecule has 0 aliphatic heterocycles. The number of alkyl halides is 3. The van der Waals surface area contributed by atoms with Gasteiger partial charge in [0.1, 0.15) is 17.3 Å². The van der Waals surface area contributed by atoms with E-state index in [9.17, 15) is 32.6 Å². The van der Waals surface area contributed by atoms with Crippen LogP contribution in [0.3, 0.4) is 0 Å². The standard InChI is InChI=1S/C27H24F4O4.C2H6/c1-3-6-24(16-22(28)4-2)35-14-5-7-20-15-21(26(33)34)11-9-18(20)8-10-19-12-13-23(32)17-25(19)27(29,30)31;1-2/h3-4,6,9,11-13,15-17,32H,5,7,14H2,1-2H3,(H,33,34);1-2H3/b6-3-,22-4+,24-16+;. The number of carbonyl (C=O) groups is 1. The number of aryl methyl sites for hydroxylation is 1. The van der Waals surface area contributed by atoms with Gasteiger partial charge in [-0.05, 0) is 74.7 Å². The molecule has 0 heterocycles. The summed E-state index contributed by atoms with van der Waals surface area (Å²) < 4.78 is 59.0. The number of halogens is 4. The quantitative estimate of drug-likeness (QED) is 0.123. The molecule has 0 aromatic heterocycles. The van der Waals surface area contributed by atoms with Gasteiger partial charge in [0.2, 0.25) is 0 Å². The van der Waals surface area contributed by atoms with Crippen molar-refractivity contribution in [3.63, 3.8) is 0 Å². The highest BCUT2D eigenvalue weighted by molar-refractivity contribution is 5.88. The summed E-state index contributed by atoms with van der Waals surface area (Å²) in [5.74, 6) is 3.33. The van der Waals surface area contributed by atoms with Crippen molar-refractivity contribution in [2.75, 3.05) is 6.61 Å². The molecular formula is C29H30F4O4. The van der Waals surface area contributed by atoms with Crippen LogP contribution in [0.4, 0.5) is 17.6 Å². The summed E-state index contributed by atoms with van der Waals surface area (Å²) in [4.78, 5) is 11.4. The van der Waals surface area contributed by atoms with Crippen LogP contribution >= 0.6 is 0 Å². The zero-order valence-electron chi connectivity index (χ0n) is 21.1. The van der Waals surface area contributed by atoms with Crippen molar-refractivity contribution in [1.82, 2.24) is 0 Å². The molecule has 4 nitrogen and oxygen atoms in total. The van der Waals surface area contributed by atoms with E-state index in [4.69, 9.17) is 4.74 Å². The number of carboxylic acids is 1. The Morgan fingerprint density at radius 3 is 2.30 bits per heavy atom. The first-order valence-corrected chi connectivity index (χ1v) is 11.6. The highest BCUT2D eigenvalue weighted by Crippen LogP contribution is 2.33. The van der Waals surface area contributed by atoms with Crippen molar-refractivity contribution >= 4 is 5.97 Å². The van der Waals surface area contributed by atoms with E-state index in [0.717, 1.165) is 12.1 Å². The van der Waals surface area contributed by atoms with Crippen molar-refractivity contribution in [3.05, 3.63) is 100 Å². The lowest BCUT2D eigenvalue weighted by Gasteiger charge is -2.10. The number of ether oxygens (including phenoxy) is 1. The third kappa shape index (κ3) is 10.3. The molecule has 0 spiro atoms. The molecule has 2 aromatic carbocycles. The Kier molecular flexibility index (Phi) is 12.7.